The van der Waals surface area contributed by atoms with Gasteiger partial charge in [-0.3, -0.25) is 0 Å². The molecular weight excluding hydrogens is 181 g/mol. The first-order chi connectivity index (χ1) is 2.56. The van der Waals surface area contributed by atoms with Gasteiger partial charge in [-0.1, -0.05) is 34.8 Å². The highest BCUT2D eigenvalue weighted by atomic mass is 35.6. The van der Waals surface area contributed by atoms with Gasteiger partial charge in [-0.2, -0.15) is 12.2 Å². The van der Waals surface area contributed by atoms with E-state index >= 15 is 0 Å². The van der Waals surface area contributed by atoms with Gasteiger partial charge < -0.3 is 0 Å². The summed E-state index contributed by atoms with van der Waals surface area (Å²) < 4.78 is -1.15. The van der Waals surface area contributed by atoms with E-state index < -0.39 is 3.53 Å². The largest absolute Gasteiger partial charge is 0.214 e. The highest BCUT2D eigenvalue weighted by Gasteiger charge is 2.15. The third-order valence-corrected chi connectivity index (χ3v) is 3.42. The summed E-state index contributed by atoms with van der Waals surface area (Å²) in [4.78, 5) is 0. The van der Waals surface area contributed by atoms with Crippen molar-refractivity contribution in [2.24, 2.45) is 0 Å². The maximum absolute atomic E-state index is 5.18. The quantitative estimate of drug-likeness (QED) is 0.333. The van der Waals surface area contributed by atoms with Gasteiger partial charge >= 0.3 is 0 Å². The minimum Gasteiger partial charge on any atom is -0.150 e. The molecule has 0 saturated heterocycles. The van der Waals surface area contributed by atoms with Crippen molar-refractivity contribution in [1.82, 2.24) is 0 Å². The molecule has 0 N–H and O–H groups in total. The van der Waals surface area contributed by atoms with E-state index in [1.54, 1.807) is 0 Å². The summed E-state index contributed by atoms with van der Waals surface area (Å²) >= 11 is 19.3. The summed E-state index contributed by atoms with van der Waals surface area (Å²) in [5, 5.41) is 0. The number of rotatable bonds is 0. The second-order valence-corrected chi connectivity index (χ2v) is 5.49. The van der Waals surface area contributed by atoms with Crippen molar-refractivity contribution in [3.05, 3.63) is 0 Å². The van der Waals surface area contributed by atoms with Crippen LogP contribution in [0.4, 0.5) is 0 Å². The molecule has 38 valence electrons. The molecule has 0 aliphatic heterocycles. The molecule has 0 aromatic rings. The summed E-state index contributed by atoms with van der Waals surface area (Å²) in [6.45, 7) is 0. The van der Waals surface area contributed by atoms with Gasteiger partial charge in [0, 0.05) is 0 Å². The standard InChI is InChI=1S/CH2Cl3PS/c2-1(3,4)5-6/h5-6H. The van der Waals surface area contributed by atoms with E-state index in [1.807, 2.05) is 0 Å². The second-order valence-electron chi connectivity index (χ2n) is 0.610. The van der Waals surface area contributed by atoms with Crippen LogP contribution in [0.5, 0.6) is 0 Å². The Bertz CT molecular complexity index is 40.5. The lowest BCUT2D eigenvalue weighted by atomic mass is 11.8. The predicted molar refractivity (Wildman–Crippen MR) is 37.6 cm³/mol. The number of hydrogen-bond acceptors (Lipinski definition) is 1. The van der Waals surface area contributed by atoms with Crippen LogP contribution in [0.1, 0.15) is 0 Å². The van der Waals surface area contributed by atoms with Crippen molar-refractivity contribution in [2.75, 3.05) is 0 Å². The van der Waals surface area contributed by atoms with Gasteiger partial charge in [0.15, 0.2) is 0 Å². The molecule has 0 aromatic heterocycles. The molecule has 0 nitrogen and oxygen atoms in total. The molecule has 5 heteroatoms. The molecule has 1 unspecified atom stereocenters. The average Bonchev–Trinajstić information content (AvgIpc) is 1.35. The zero-order valence-corrected chi connectivity index (χ0v) is 6.74. The van der Waals surface area contributed by atoms with Gasteiger partial charge in [0.25, 0.3) is 0 Å². The lowest BCUT2D eigenvalue weighted by molar-refractivity contribution is 1.79. The van der Waals surface area contributed by atoms with Crippen molar-refractivity contribution in [3.8, 4) is 0 Å². The Morgan fingerprint density at radius 2 is 1.50 bits per heavy atom. The SMILES string of the molecule is SPC(Cl)(Cl)Cl. The van der Waals surface area contributed by atoms with Gasteiger partial charge in [-0.15, -0.1) is 0 Å². The van der Waals surface area contributed by atoms with Crippen LogP contribution in [0.3, 0.4) is 0 Å². The molecule has 0 amide bonds. The van der Waals surface area contributed by atoms with E-state index in [0.29, 0.717) is 0 Å². The normalized spacial score (nSPS) is 14.0. The van der Waals surface area contributed by atoms with Crippen LogP contribution in [0, 0.1) is 0 Å². The van der Waals surface area contributed by atoms with Crippen LogP contribution in [0.15, 0.2) is 0 Å². The Hall–Kier alpha value is 1.65. The molecule has 0 heterocycles. The summed E-state index contributed by atoms with van der Waals surface area (Å²) in [5.41, 5.74) is 0. The van der Waals surface area contributed by atoms with E-state index in [2.05, 4.69) is 12.2 Å². The van der Waals surface area contributed by atoms with E-state index in [-0.39, 0.29) is 7.78 Å². The molecule has 0 aliphatic rings. The first-order valence-corrected chi connectivity index (χ1v) is 4.46. The topological polar surface area (TPSA) is 0 Å². The first kappa shape index (κ1) is 7.65. The molecule has 0 saturated carbocycles. The monoisotopic (exact) mass is 182 g/mol. The van der Waals surface area contributed by atoms with Crippen molar-refractivity contribution in [1.29, 1.82) is 0 Å². The van der Waals surface area contributed by atoms with Gasteiger partial charge in [-0.25, -0.2) is 0 Å². The molecule has 1 atom stereocenters. The fourth-order valence-corrected chi connectivity index (χ4v) is 0. The minimum absolute atomic E-state index is 0.0579. The zero-order chi connectivity index (χ0) is 5.21. The maximum atomic E-state index is 5.18. The maximum Gasteiger partial charge on any atom is 0.214 e. The molecular formula is CH2Cl3PS. The molecule has 0 spiro atoms. The fourth-order valence-electron chi connectivity index (χ4n) is 0. The highest BCUT2D eigenvalue weighted by Crippen LogP contribution is 2.46. The number of alkyl halides is 3. The van der Waals surface area contributed by atoms with Crippen LogP contribution in [0.25, 0.3) is 0 Å². The fraction of sp³-hybridized carbons (Fsp3) is 1.00. The van der Waals surface area contributed by atoms with Crippen LogP contribution in [-0.2, 0) is 0 Å². The highest BCUT2D eigenvalue weighted by molar-refractivity contribution is 8.39. The zero-order valence-electron chi connectivity index (χ0n) is 2.58. The smallest absolute Gasteiger partial charge is 0.150 e. The van der Waals surface area contributed by atoms with Crippen LogP contribution >= 0.6 is 54.8 Å². The van der Waals surface area contributed by atoms with Crippen molar-refractivity contribution in [3.63, 3.8) is 0 Å². The van der Waals surface area contributed by atoms with E-state index in [0.717, 1.165) is 0 Å². The van der Waals surface area contributed by atoms with Gasteiger partial charge in [0.2, 0.25) is 3.53 Å². The Balaban J connectivity index is 3.17. The van der Waals surface area contributed by atoms with Crippen LogP contribution < -0.4 is 0 Å². The van der Waals surface area contributed by atoms with E-state index in [4.69, 9.17) is 34.8 Å². The molecule has 0 fully saturated rings. The van der Waals surface area contributed by atoms with E-state index in [9.17, 15) is 0 Å². The summed E-state index contributed by atoms with van der Waals surface area (Å²) in [6.07, 6.45) is 0. The Morgan fingerprint density at radius 1 is 1.33 bits per heavy atom. The average molecular weight is 183 g/mol. The predicted octanol–water partition coefficient (Wildman–Crippen LogP) is 2.84. The lowest BCUT2D eigenvalue weighted by Crippen LogP contribution is -1.83. The van der Waals surface area contributed by atoms with Gasteiger partial charge in [-0.05, 0) is 7.78 Å². The molecule has 0 bridgehead atoms. The Morgan fingerprint density at radius 3 is 1.50 bits per heavy atom. The number of thiol groups is 1. The van der Waals surface area contributed by atoms with Crippen LogP contribution in [-0.4, -0.2) is 3.53 Å². The summed E-state index contributed by atoms with van der Waals surface area (Å²) in [6, 6.07) is 0. The minimum atomic E-state index is -1.15. The third-order valence-electron chi connectivity index (χ3n) is 0.127. The van der Waals surface area contributed by atoms with Crippen molar-refractivity contribution >= 4 is 54.8 Å². The lowest BCUT2D eigenvalue weighted by Gasteiger charge is -2.01. The van der Waals surface area contributed by atoms with E-state index in [1.165, 1.54) is 0 Å². The summed E-state index contributed by atoms with van der Waals surface area (Å²) in [7, 11) is 0.0579. The number of halogens is 3. The Labute approximate surface area is 58.5 Å². The van der Waals surface area contributed by atoms with Crippen LogP contribution in [0.2, 0.25) is 0 Å². The number of hydrogen-bond donors (Lipinski definition) is 1. The first-order valence-electron chi connectivity index (χ1n) is 1.04. The van der Waals surface area contributed by atoms with Crippen molar-refractivity contribution in [2.45, 2.75) is 3.53 Å². The molecule has 0 rings (SSSR count). The molecule has 0 aliphatic carbocycles. The molecule has 0 aromatic carbocycles. The summed E-state index contributed by atoms with van der Waals surface area (Å²) in [5.74, 6) is 0. The third kappa shape index (κ3) is 5.65. The Kier molecular flexibility index (Phi) is 3.62. The van der Waals surface area contributed by atoms with Gasteiger partial charge in [0.1, 0.15) is 0 Å². The second kappa shape index (κ2) is 2.84. The molecule has 0 radical (unpaired) electrons. The molecule has 6 heavy (non-hydrogen) atoms. The van der Waals surface area contributed by atoms with Crippen molar-refractivity contribution < 1.29 is 0 Å². The van der Waals surface area contributed by atoms with Gasteiger partial charge in [0.05, 0.1) is 0 Å².